The molecule has 0 saturated carbocycles. The Balaban J connectivity index is 1.84. The highest BCUT2D eigenvalue weighted by atomic mass is 16.6. The highest BCUT2D eigenvalue weighted by molar-refractivity contribution is 5.66. The molecule has 2 aliphatic rings. The quantitative estimate of drug-likeness (QED) is 0.818. The molecule has 1 N–H and O–H groups in total. The van der Waals surface area contributed by atoms with Gasteiger partial charge < -0.3 is 10.1 Å². The molecule has 122 valence electrons. The summed E-state index contributed by atoms with van der Waals surface area (Å²) in [6, 6.07) is 0.707. The van der Waals surface area contributed by atoms with Crippen molar-refractivity contribution in [3.8, 4) is 0 Å². The van der Waals surface area contributed by atoms with Gasteiger partial charge in [-0.1, -0.05) is 13.3 Å². The van der Waals surface area contributed by atoms with Gasteiger partial charge >= 0.3 is 6.09 Å². The van der Waals surface area contributed by atoms with E-state index < -0.39 is 0 Å². The lowest BCUT2D eigenvalue weighted by Gasteiger charge is -2.40. The zero-order valence-electron chi connectivity index (χ0n) is 13.6. The van der Waals surface area contributed by atoms with Gasteiger partial charge in [-0.3, -0.25) is 0 Å². The molecule has 1 atom stereocenters. The Labute approximate surface area is 129 Å². The van der Waals surface area contributed by atoms with Crippen molar-refractivity contribution in [3.63, 3.8) is 0 Å². The van der Waals surface area contributed by atoms with E-state index in [2.05, 4.69) is 17.2 Å². The van der Waals surface area contributed by atoms with Gasteiger partial charge in [0.15, 0.2) is 0 Å². The average molecular weight is 297 g/mol. The summed E-state index contributed by atoms with van der Waals surface area (Å²) in [5, 5.41) is 7.67. The highest BCUT2D eigenvalue weighted by Crippen LogP contribution is 2.26. The predicted octanol–water partition coefficient (Wildman–Crippen LogP) is 2.62. The van der Waals surface area contributed by atoms with Crippen LogP contribution in [0, 0.1) is 5.92 Å². The summed E-state index contributed by atoms with van der Waals surface area (Å²) in [5.74, 6) is 0.777. The van der Waals surface area contributed by atoms with Crippen molar-refractivity contribution in [1.29, 1.82) is 0 Å². The van der Waals surface area contributed by atoms with Gasteiger partial charge in [0.25, 0.3) is 0 Å². The van der Waals surface area contributed by atoms with Gasteiger partial charge in [0.1, 0.15) is 0 Å². The maximum atomic E-state index is 12.1. The summed E-state index contributed by atoms with van der Waals surface area (Å²) in [6.45, 7) is 8.38. The summed E-state index contributed by atoms with van der Waals surface area (Å²) in [5.41, 5.74) is 0. The number of amides is 1. The topological polar surface area (TPSA) is 44.8 Å². The third-order valence-electron chi connectivity index (χ3n) is 4.73. The molecule has 2 heterocycles. The SMILES string of the molecule is CCCCN(C(=O)OCC)N1CCC(C2CCCN2)CC1. The first-order valence-corrected chi connectivity index (χ1v) is 8.68. The second-order valence-corrected chi connectivity index (χ2v) is 6.17. The third kappa shape index (κ3) is 4.58. The first kappa shape index (κ1) is 16.6. The van der Waals surface area contributed by atoms with Crippen LogP contribution in [0.1, 0.15) is 52.4 Å². The maximum absolute atomic E-state index is 12.1. The van der Waals surface area contributed by atoms with Gasteiger partial charge in [0, 0.05) is 25.7 Å². The molecule has 2 saturated heterocycles. The van der Waals surface area contributed by atoms with E-state index in [4.69, 9.17) is 4.74 Å². The second-order valence-electron chi connectivity index (χ2n) is 6.17. The Hall–Kier alpha value is -0.810. The molecule has 0 aromatic carbocycles. The van der Waals surface area contributed by atoms with Gasteiger partial charge in [0.05, 0.1) is 6.61 Å². The Morgan fingerprint density at radius 1 is 1.29 bits per heavy atom. The van der Waals surface area contributed by atoms with E-state index >= 15 is 0 Å². The number of piperidine rings is 1. The van der Waals surface area contributed by atoms with Crippen LogP contribution in [0.15, 0.2) is 0 Å². The normalized spacial score (nSPS) is 24.2. The monoisotopic (exact) mass is 297 g/mol. The minimum atomic E-state index is -0.177. The van der Waals surface area contributed by atoms with Gasteiger partial charge in [-0.2, -0.15) is 0 Å². The van der Waals surface area contributed by atoms with Crippen LogP contribution >= 0.6 is 0 Å². The third-order valence-corrected chi connectivity index (χ3v) is 4.73. The predicted molar refractivity (Wildman–Crippen MR) is 84.0 cm³/mol. The summed E-state index contributed by atoms with van der Waals surface area (Å²) >= 11 is 0. The molecule has 2 fully saturated rings. The fourth-order valence-corrected chi connectivity index (χ4v) is 3.50. The van der Waals surface area contributed by atoms with Crippen molar-refractivity contribution in [2.45, 2.75) is 58.4 Å². The number of hydrogen-bond donors (Lipinski definition) is 1. The standard InChI is InChI=1S/C16H31N3O2/c1-3-5-11-19(16(20)21-4-2)18-12-8-14(9-13-18)15-7-6-10-17-15/h14-15,17H,3-13H2,1-2H3. The van der Waals surface area contributed by atoms with Crippen molar-refractivity contribution >= 4 is 6.09 Å². The van der Waals surface area contributed by atoms with Crippen LogP contribution in [-0.4, -0.2) is 54.9 Å². The van der Waals surface area contributed by atoms with E-state index in [1.54, 1.807) is 0 Å². The lowest BCUT2D eigenvalue weighted by molar-refractivity contribution is -0.0443. The van der Waals surface area contributed by atoms with Crippen molar-refractivity contribution < 1.29 is 9.53 Å². The van der Waals surface area contributed by atoms with Gasteiger partial charge in [-0.05, 0) is 51.5 Å². The maximum Gasteiger partial charge on any atom is 0.424 e. The van der Waals surface area contributed by atoms with Crippen LogP contribution in [0.4, 0.5) is 4.79 Å². The molecule has 2 aliphatic heterocycles. The van der Waals surface area contributed by atoms with Crippen LogP contribution in [0.2, 0.25) is 0 Å². The van der Waals surface area contributed by atoms with E-state index in [0.29, 0.717) is 12.6 Å². The second kappa shape index (κ2) is 8.59. The Morgan fingerprint density at radius 2 is 2.05 bits per heavy atom. The molecule has 1 unspecified atom stereocenters. The number of nitrogens with one attached hydrogen (secondary N) is 1. The molecule has 0 spiro atoms. The average Bonchev–Trinajstić information content (AvgIpc) is 3.03. The number of hydrogen-bond acceptors (Lipinski definition) is 4. The largest absolute Gasteiger partial charge is 0.449 e. The van der Waals surface area contributed by atoms with Gasteiger partial charge in [-0.15, -0.1) is 0 Å². The molecule has 5 heteroatoms. The van der Waals surface area contributed by atoms with E-state index in [1.807, 2.05) is 11.9 Å². The zero-order chi connectivity index (χ0) is 15.1. The number of hydrazine groups is 1. The minimum Gasteiger partial charge on any atom is -0.449 e. The van der Waals surface area contributed by atoms with Crippen LogP contribution < -0.4 is 5.32 Å². The van der Waals surface area contributed by atoms with Gasteiger partial charge in [-0.25, -0.2) is 14.8 Å². The number of nitrogens with zero attached hydrogens (tertiary/aromatic N) is 2. The van der Waals surface area contributed by atoms with E-state index in [9.17, 15) is 4.79 Å². The van der Waals surface area contributed by atoms with Crippen molar-refractivity contribution in [2.24, 2.45) is 5.92 Å². The molecule has 2 rings (SSSR count). The lowest BCUT2D eigenvalue weighted by Crippen LogP contribution is -2.52. The summed E-state index contributed by atoms with van der Waals surface area (Å²) in [7, 11) is 0. The van der Waals surface area contributed by atoms with Crippen LogP contribution in [0.5, 0.6) is 0 Å². The molecule has 0 aromatic heterocycles. The van der Waals surface area contributed by atoms with Crippen LogP contribution in [0.3, 0.4) is 0 Å². The fraction of sp³-hybridized carbons (Fsp3) is 0.938. The highest BCUT2D eigenvalue weighted by Gasteiger charge is 2.31. The molecular formula is C16H31N3O2. The molecule has 0 bridgehead atoms. The summed E-state index contributed by atoms with van der Waals surface area (Å²) < 4.78 is 5.21. The van der Waals surface area contributed by atoms with E-state index in [-0.39, 0.29) is 6.09 Å². The first-order chi connectivity index (χ1) is 10.3. The Kier molecular flexibility index (Phi) is 6.77. The minimum absolute atomic E-state index is 0.177. The van der Waals surface area contributed by atoms with Crippen molar-refractivity contribution in [2.75, 3.05) is 32.8 Å². The molecule has 21 heavy (non-hydrogen) atoms. The van der Waals surface area contributed by atoms with Crippen molar-refractivity contribution in [3.05, 3.63) is 0 Å². The van der Waals surface area contributed by atoms with Gasteiger partial charge in [0.2, 0.25) is 0 Å². The number of carbonyl (C=O) groups is 1. The molecule has 1 amide bonds. The lowest BCUT2D eigenvalue weighted by atomic mass is 9.89. The smallest absolute Gasteiger partial charge is 0.424 e. The molecule has 5 nitrogen and oxygen atoms in total. The van der Waals surface area contributed by atoms with E-state index in [0.717, 1.165) is 38.4 Å². The number of ether oxygens (including phenoxy) is 1. The molecule has 0 aliphatic carbocycles. The first-order valence-electron chi connectivity index (χ1n) is 8.68. The fourth-order valence-electron chi connectivity index (χ4n) is 3.50. The Bertz CT molecular complexity index is 311. The molecule has 0 aromatic rings. The molecular weight excluding hydrogens is 266 g/mol. The number of rotatable bonds is 6. The Morgan fingerprint density at radius 3 is 2.62 bits per heavy atom. The van der Waals surface area contributed by atoms with Crippen LogP contribution in [0.25, 0.3) is 0 Å². The summed E-state index contributed by atoms with van der Waals surface area (Å²) in [6.07, 6.45) is 6.95. The van der Waals surface area contributed by atoms with Crippen molar-refractivity contribution in [1.82, 2.24) is 15.3 Å². The summed E-state index contributed by atoms with van der Waals surface area (Å²) in [4.78, 5) is 12.1. The van der Waals surface area contributed by atoms with Crippen LogP contribution in [-0.2, 0) is 4.74 Å². The van der Waals surface area contributed by atoms with E-state index in [1.165, 1.54) is 32.2 Å². The number of carbonyl (C=O) groups excluding carboxylic acids is 1. The molecule has 0 radical (unpaired) electrons. The number of unbranched alkanes of at least 4 members (excludes halogenated alkanes) is 1. The zero-order valence-corrected chi connectivity index (χ0v) is 13.6.